The zero-order valence-electron chi connectivity index (χ0n) is 10.3. The molecule has 3 nitrogen and oxygen atoms in total. The van der Waals surface area contributed by atoms with Crippen molar-refractivity contribution < 1.29 is 71.2 Å². The molecule has 0 saturated carbocycles. The number of hydrogen-bond acceptors (Lipinski definition) is 3. The van der Waals surface area contributed by atoms with Gasteiger partial charge in [-0.1, -0.05) is 36.4 Å². The van der Waals surface area contributed by atoms with E-state index in [4.69, 9.17) is 0 Å². The van der Waals surface area contributed by atoms with Crippen LogP contribution in [0.15, 0.2) is 59.5 Å². The molecule has 0 aliphatic heterocycles. The zero-order valence-corrected chi connectivity index (χ0v) is 16.1. The van der Waals surface area contributed by atoms with Crippen LogP contribution in [0.5, 0.6) is 0 Å². The first kappa shape index (κ1) is 15.3. The Kier molecular flexibility index (Phi) is 4.60. The molecule has 3 aromatic rings. The normalized spacial score (nSPS) is 11.4. The molecule has 0 aliphatic carbocycles. The van der Waals surface area contributed by atoms with Gasteiger partial charge in [0.15, 0.2) is 0 Å². The monoisotopic (exact) mass is 342 g/mol. The summed E-state index contributed by atoms with van der Waals surface area (Å²) in [5, 5.41) is 3.17. The predicted molar refractivity (Wildman–Crippen MR) is 69.4 cm³/mol. The standard InChI is InChI=1S/C14H10O3S.Rb/c15-18(16,17)14-7-3-6-12-8-10-4-1-2-5-11(10)9-13(12)14;/h1-9H,(H,15,16,17);/q;+1/p-1. The summed E-state index contributed by atoms with van der Waals surface area (Å²) in [6, 6.07) is 16.0. The summed E-state index contributed by atoms with van der Waals surface area (Å²) in [5.74, 6) is 0. The second kappa shape index (κ2) is 5.72. The van der Waals surface area contributed by atoms with Crippen molar-refractivity contribution in [3.63, 3.8) is 0 Å². The van der Waals surface area contributed by atoms with Crippen molar-refractivity contribution in [2.45, 2.75) is 4.90 Å². The van der Waals surface area contributed by atoms with E-state index in [2.05, 4.69) is 0 Å². The molecular weight excluding hydrogens is 334 g/mol. The van der Waals surface area contributed by atoms with Crippen molar-refractivity contribution in [1.82, 2.24) is 0 Å². The van der Waals surface area contributed by atoms with Crippen molar-refractivity contribution in [2.75, 3.05) is 0 Å². The minimum absolute atomic E-state index is 0. The van der Waals surface area contributed by atoms with Gasteiger partial charge in [0.1, 0.15) is 10.1 Å². The third kappa shape index (κ3) is 2.99. The van der Waals surface area contributed by atoms with Gasteiger partial charge in [0.2, 0.25) is 0 Å². The van der Waals surface area contributed by atoms with Crippen molar-refractivity contribution in [1.29, 1.82) is 0 Å². The van der Waals surface area contributed by atoms with Crippen molar-refractivity contribution in [2.24, 2.45) is 0 Å². The quantitative estimate of drug-likeness (QED) is 0.458. The van der Waals surface area contributed by atoms with Gasteiger partial charge in [-0.2, -0.15) is 0 Å². The molecular formula is C14H9O3RbS. The third-order valence-corrected chi connectivity index (χ3v) is 3.87. The van der Waals surface area contributed by atoms with Crippen LogP contribution in [0.2, 0.25) is 0 Å². The van der Waals surface area contributed by atoms with Crippen LogP contribution in [0.4, 0.5) is 0 Å². The number of benzene rings is 3. The average molecular weight is 343 g/mol. The maximum atomic E-state index is 11.2. The van der Waals surface area contributed by atoms with E-state index in [0.717, 1.165) is 16.2 Å². The molecule has 0 bridgehead atoms. The summed E-state index contributed by atoms with van der Waals surface area (Å²) in [7, 11) is -4.45. The van der Waals surface area contributed by atoms with Crippen molar-refractivity contribution in [3.05, 3.63) is 54.6 Å². The maximum Gasteiger partial charge on any atom is 1.00 e. The molecule has 3 aromatic carbocycles. The third-order valence-electron chi connectivity index (χ3n) is 2.98. The van der Waals surface area contributed by atoms with Gasteiger partial charge < -0.3 is 4.55 Å². The fourth-order valence-corrected chi connectivity index (χ4v) is 2.85. The first-order chi connectivity index (χ1) is 8.55. The Morgan fingerprint density at radius 2 is 1.37 bits per heavy atom. The van der Waals surface area contributed by atoms with Crippen LogP contribution in [0.25, 0.3) is 21.5 Å². The number of fused-ring (bicyclic) bond motifs is 2. The number of rotatable bonds is 1. The molecule has 0 spiro atoms. The molecule has 0 heterocycles. The maximum absolute atomic E-state index is 11.2. The molecule has 0 radical (unpaired) electrons. The fourth-order valence-electron chi connectivity index (χ4n) is 2.16. The van der Waals surface area contributed by atoms with Gasteiger partial charge >= 0.3 is 58.2 Å². The van der Waals surface area contributed by atoms with Gasteiger partial charge in [0.05, 0.1) is 4.90 Å². The molecule has 0 atom stereocenters. The van der Waals surface area contributed by atoms with Crippen LogP contribution < -0.4 is 58.2 Å². The predicted octanol–water partition coefficient (Wildman–Crippen LogP) is -0.0989. The molecule has 5 heteroatoms. The van der Waals surface area contributed by atoms with Crippen LogP contribution in [0, 0.1) is 0 Å². The molecule has 0 N–H and O–H groups in total. The van der Waals surface area contributed by atoms with Crippen LogP contribution >= 0.6 is 0 Å². The molecule has 0 unspecified atom stereocenters. The van der Waals surface area contributed by atoms with Gasteiger partial charge in [0, 0.05) is 0 Å². The minimum atomic E-state index is -4.45. The summed E-state index contributed by atoms with van der Waals surface area (Å²) in [6.07, 6.45) is 0. The molecule has 19 heavy (non-hydrogen) atoms. The molecule has 3 rings (SSSR count). The molecule has 0 fully saturated rings. The van der Waals surface area contributed by atoms with Crippen LogP contribution in [-0.4, -0.2) is 13.0 Å². The Morgan fingerprint density at radius 1 is 0.789 bits per heavy atom. The second-order valence-corrected chi connectivity index (χ2v) is 5.48. The molecule has 90 valence electrons. The van der Waals surface area contributed by atoms with Gasteiger partial charge in [0.25, 0.3) is 0 Å². The van der Waals surface area contributed by atoms with E-state index in [0.29, 0.717) is 5.39 Å². The molecule has 0 saturated heterocycles. The molecule has 0 aliphatic rings. The minimum Gasteiger partial charge on any atom is -0.744 e. The fraction of sp³-hybridized carbons (Fsp3) is 0. The Labute approximate surface area is 160 Å². The Morgan fingerprint density at radius 3 is 2.00 bits per heavy atom. The average Bonchev–Trinajstić information content (AvgIpc) is 2.34. The molecule has 0 aromatic heterocycles. The summed E-state index contributed by atoms with van der Waals surface area (Å²) in [4.78, 5) is -0.161. The Hall–Kier alpha value is -0.105. The van der Waals surface area contributed by atoms with Crippen LogP contribution in [0.1, 0.15) is 0 Å². The summed E-state index contributed by atoms with van der Waals surface area (Å²) in [6.45, 7) is 0. The van der Waals surface area contributed by atoms with Crippen LogP contribution in [-0.2, 0) is 10.1 Å². The second-order valence-electron chi connectivity index (χ2n) is 4.13. The summed E-state index contributed by atoms with van der Waals surface area (Å²) < 4.78 is 33.7. The van der Waals surface area contributed by atoms with Gasteiger partial charge in [-0.25, -0.2) is 8.42 Å². The van der Waals surface area contributed by atoms with E-state index in [1.807, 2.05) is 30.3 Å². The van der Waals surface area contributed by atoms with Gasteiger partial charge in [-0.15, -0.1) is 0 Å². The van der Waals surface area contributed by atoms with Crippen molar-refractivity contribution >= 4 is 31.7 Å². The topological polar surface area (TPSA) is 57.2 Å². The van der Waals surface area contributed by atoms with E-state index in [9.17, 15) is 13.0 Å². The van der Waals surface area contributed by atoms with E-state index in [1.54, 1.807) is 18.2 Å². The first-order valence-corrected chi connectivity index (χ1v) is 6.84. The van der Waals surface area contributed by atoms with Crippen molar-refractivity contribution in [3.8, 4) is 0 Å². The zero-order chi connectivity index (χ0) is 12.8. The van der Waals surface area contributed by atoms with E-state index in [1.165, 1.54) is 6.07 Å². The first-order valence-electron chi connectivity index (χ1n) is 5.43. The van der Waals surface area contributed by atoms with E-state index >= 15 is 0 Å². The summed E-state index contributed by atoms with van der Waals surface area (Å²) in [5.41, 5.74) is 0. The Bertz CT molecular complexity index is 857. The largest absolute Gasteiger partial charge is 1.00 e. The SMILES string of the molecule is O=S(=O)([O-])c1cccc2cc3ccccc3cc12.[Rb+]. The molecule has 0 amide bonds. The smallest absolute Gasteiger partial charge is 0.744 e. The van der Waals surface area contributed by atoms with Crippen LogP contribution in [0.3, 0.4) is 0 Å². The van der Waals surface area contributed by atoms with Gasteiger partial charge in [-0.05, 0) is 39.7 Å². The van der Waals surface area contributed by atoms with E-state index in [-0.39, 0.29) is 63.1 Å². The van der Waals surface area contributed by atoms with Gasteiger partial charge in [-0.3, -0.25) is 0 Å². The number of hydrogen-bond donors (Lipinski definition) is 0. The summed E-state index contributed by atoms with van der Waals surface area (Å²) >= 11 is 0. The van der Waals surface area contributed by atoms with E-state index < -0.39 is 10.1 Å². The Balaban J connectivity index is 0.00000133.